The molecule has 0 saturated carbocycles. The maximum atomic E-state index is 13.0. The predicted octanol–water partition coefficient (Wildman–Crippen LogP) is 4.59. The first-order valence-corrected chi connectivity index (χ1v) is 10.6. The van der Waals surface area contributed by atoms with Crippen LogP contribution in [0.1, 0.15) is 27.6 Å². The molecule has 0 bridgehead atoms. The topological polar surface area (TPSA) is 79.4 Å². The van der Waals surface area contributed by atoms with Gasteiger partial charge in [-0.05, 0) is 43.3 Å². The second-order valence-electron chi connectivity index (χ2n) is 7.22. The number of para-hydroxylation sites is 2. The fourth-order valence-electron chi connectivity index (χ4n) is 3.68. The molecule has 1 atom stereocenters. The lowest BCUT2D eigenvalue weighted by Crippen LogP contribution is -2.45. The molecule has 1 aliphatic rings. The van der Waals surface area contributed by atoms with Crippen LogP contribution < -0.4 is 5.32 Å². The van der Waals surface area contributed by atoms with E-state index in [9.17, 15) is 14.4 Å². The van der Waals surface area contributed by atoms with E-state index in [2.05, 4.69) is 10.3 Å². The number of benzene rings is 3. The first kappa shape index (κ1) is 19.1. The molecule has 1 aliphatic heterocycles. The summed E-state index contributed by atoms with van der Waals surface area (Å²) in [5.41, 5.74) is 2.90. The number of nitrogens with zero attached hydrogens (tertiary/aromatic N) is 2. The highest BCUT2D eigenvalue weighted by Gasteiger charge is 2.40. The van der Waals surface area contributed by atoms with Crippen LogP contribution in [0.15, 0.2) is 72.8 Å². The molecule has 3 amide bonds. The molecule has 4 aromatic rings. The molecule has 7 heteroatoms. The summed E-state index contributed by atoms with van der Waals surface area (Å²) in [7, 11) is 0. The second kappa shape index (κ2) is 7.45. The molecule has 3 aromatic carbocycles. The number of carbonyl (C=O) groups is 3. The van der Waals surface area contributed by atoms with Gasteiger partial charge in [0.25, 0.3) is 11.8 Å². The second-order valence-corrected chi connectivity index (χ2v) is 8.25. The quantitative estimate of drug-likeness (QED) is 0.483. The average molecular weight is 427 g/mol. The summed E-state index contributed by atoms with van der Waals surface area (Å²) in [5, 5.41) is 3.66. The number of thiazole rings is 1. The minimum absolute atomic E-state index is 0.321. The summed E-state index contributed by atoms with van der Waals surface area (Å²) in [6, 6.07) is 20.9. The van der Waals surface area contributed by atoms with Gasteiger partial charge in [0, 0.05) is 5.56 Å². The Bertz CT molecular complexity index is 1290. The normalized spacial score (nSPS) is 14.0. The van der Waals surface area contributed by atoms with E-state index in [4.69, 9.17) is 0 Å². The Morgan fingerprint density at radius 2 is 1.45 bits per heavy atom. The number of rotatable bonds is 4. The van der Waals surface area contributed by atoms with Crippen molar-refractivity contribution in [1.82, 2.24) is 9.88 Å². The number of nitrogens with one attached hydrogen (secondary N) is 1. The molecule has 2 heterocycles. The average Bonchev–Trinajstić information content (AvgIpc) is 3.33. The number of carbonyl (C=O) groups excluding carboxylic acids is 3. The minimum atomic E-state index is -0.962. The van der Waals surface area contributed by atoms with Crippen molar-refractivity contribution >= 4 is 45.0 Å². The zero-order chi connectivity index (χ0) is 21.5. The summed E-state index contributed by atoms with van der Waals surface area (Å²) in [4.78, 5) is 44.1. The number of aromatic nitrogens is 1. The molecule has 0 radical (unpaired) electrons. The van der Waals surface area contributed by atoms with Crippen LogP contribution in [0.2, 0.25) is 0 Å². The highest BCUT2D eigenvalue weighted by molar-refractivity contribution is 7.21. The maximum Gasteiger partial charge on any atom is 0.262 e. The Hall–Kier alpha value is -3.84. The van der Waals surface area contributed by atoms with Crippen LogP contribution in [0.4, 0.5) is 5.69 Å². The lowest BCUT2D eigenvalue weighted by atomic mass is 10.1. The Labute approximate surface area is 182 Å². The molecular weight excluding hydrogens is 410 g/mol. The van der Waals surface area contributed by atoms with Crippen LogP contribution in [0.5, 0.6) is 0 Å². The fourth-order valence-corrected chi connectivity index (χ4v) is 4.69. The molecule has 1 aromatic heterocycles. The first-order chi connectivity index (χ1) is 15.0. The number of hydrogen-bond acceptors (Lipinski definition) is 5. The van der Waals surface area contributed by atoms with Gasteiger partial charge in [-0.25, -0.2) is 4.98 Å². The van der Waals surface area contributed by atoms with E-state index in [1.165, 1.54) is 11.3 Å². The van der Waals surface area contributed by atoms with E-state index < -0.39 is 23.8 Å². The van der Waals surface area contributed by atoms with Gasteiger partial charge in [-0.2, -0.15) is 0 Å². The van der Waals surface area contributed by atoms with Gasteiger partial charge in [0.05, 0.1) is 27.0 Å². The number of hydrogen-bond donors (Lipinski definition) is 1. The molecule has 5 rings (SSSR count). The molecular formula is C24H17N3O3S. The van der Waals surface area contributed by atoms with E-state index in [1.807, 2.05) is 42.5 Å². The Morgan fingerprint density at radius 3 is 2.13 bits per heavy atom. The van der Waals surface area contributed by atoms with Gasteiger partial charge in [-0.3, -0.25) is 19.3 Å². The Balaban J connectivity index is 1.43. The maximum absolute atomic E-state index is 13.0. The largest absolute Gasteiger partial charge is 0.324 e. The lowest BCUT2D eigenvalue weighted by molar-refractivity contribution is -0.119. The summed E-state index contributed by atoms with van der Waals surface area (Å²) < 4.78 is 1.05. The zero-order valence-electron chi connectivity index (χ0n) is 16.5. The van der Waals surface area contributed by atoms with Crippen LogP contribution in [0.3, 0.4) is 0 Å². The van der Waals surface area contributed by atoms with Crippen molar-refractivity contribution in [1.29, 1.82) is 0 Å². The summed E-state index contributed by atoms with van der Waals surface area (Å²) in [6.45, 7) is 1.55. The number of fused-ring (bicyclic) bond motifs is 2. The zero-order valence-corrected chi connectivity index (χ0v) is 17.3. The summed E-state index contributed by atoms with van der Waals surface area (Å²) in [6.07, 6.45) is 0. The fraction of sp³-hybridized carbons (Fsp3) is 0.0833. The van der Waals surface area contributed by atoms with E-state index >= 15 is 0 Å². The van der Waals surface area contributed by atoms with Gasteiger partial charge in [0.2, 0.25) is 5.91 Å². The lowest BCUT2D eigenvalue weighted by Gasteiger charge is -2.22. The van der Waals surface area contributed by atoms with Crippen LogP contribution in [-0.4, -0.2) is 33.6 Å². The van der Waals surface area contributed by atoms with Gasteiger partial charge in [-0.15, -0.1) is 11.3 Å². The smallest absolute Gasteiger partial charge is 0.262 e. The van der Waals surface area contributed by atoms with E-state index in [1.54, 1.807) is 37.3 Å². The van der Waals surface area contributed by atoms with Crippen LogP contribution >= 0.6 is 11.3 Å². The number of anilines is 1. The third-order valence-corrected chi connectivity index (χ3v) is 6.37. The number of imide groups is 1. The van der Waals surface area contributed by atoms with Gasteiger partial charge >= 0.3 is 0 Å². The highest BCUT2D eigenvalue weighted by Crippen LogP contribution is 2.34. The molecule has 0 spiro atoms. The van der Waals surface area contributed by atoms with E-state index in [0.717, 1.165) is 25.7 Å². The Morgan fingerprint density at radius 1 is 0.871 bits per heavy atom. The Kier molecular flexibility index (Phi) is 4.60. The molecule has 1 unspecified atom stereocenters. The molecule has 6 nitrogen and oxygen atoms in total. The first-order valence-electron chi connectivity index (χ1n) is 9.77. The van der Waals surface area contributed by atoms with Crippen LogP contribution in [0.25, 0.3) is 20.8 Å². The standard InChI is InChI=1S/C24H17N3O3S/c1-14(27-23(29)15-8-2-3-9-16(15)24(27)30)21(28)25-18-11-5-4-10-17(18)22-26-19-12-6-7-13-20(19)31-22/h2-14H,1H3,(H,25,28). The van der Waals surface area contributed by atoms with Crippen LogP contribution in [0, 0.1) is 0 Å². The molecule has 0 saturated heterocycles. The summed E-state index contributed by atoms with van der Waals surface area (Å²) >= 11 is 1.54. The molecule has 1 N–H and O–H groups in total. The third kappa shape index (κ3) is 3.19. The molecule has 0 fully saturated rings. The van der Waals surface area contributed by atoms with Crippen molar-refractivity contribution in [3.8, 4) is 10.6 Å². The van der Waals surface area contributed by atoms with Crippen molar-refractivity contribution in [3.05, 3.63) is 83.9 Å². The number of amides is 3. The van der Waals surface area contributed by atoms with Crippen LogP contribution in [-0.2, 0) is 4.79 Å². The van der Waals surface area contributed by atoms with Gasteiger partial charge < -0.3 is 5.32 Å². The van der Waals surface area contributed by atoms with Crippen molar-refractivity contribution in [2.45, 2.75) is 13.0 Å². The van der Waals surface area contributed by atoms with Crippen molar-refractivity contribution < 1.29 is 14.4 Å². The van der Waals surface area contributed by atoms with Gasteiger partial charge in [0.15, 0.2) is 0 Å². The monoisotopic (exact) mass is 427 g/mol. The third-order valence-electron chi connectivity index (χ3n) is 5.30. The predicted molar refractivity (Wildman–Crippen MR) is 120 cm³/mol. The minimum Gasteiger partial charge on any atom is -0.324 e. The SMILES string of the molecule is CC(C(=O)Nc1ccccc1-c1nc2ccccc2s1)N1C(=O)c2ccccc2C1=O. The molecule has 0 aliphatic carbocycles. The van der Waals surface area contributed by atoms with Gasteiger partial charge in [-0.1, -0.05) is 36.4 Å². The molecule has 31 heavy (non-hydrogen) atoms. The van der Waals surface area contributed by atoms with E-state index in [-0.39, 0.29) is 0 Å². The van der Waals surface area contributed by atoms with Crippen molar-refractivity contribution in [2.24, 2.45) is 0 Å². The van der Waals surface area contributed by atoms with E-state index in [0.29, 0.717) is 16.8 Å². The van der Waals surface area contributed by atoms with Gasteiger partial charge in [0.1, 0.15) is 11.0 Å². The highest BCUT2D eigenvalue weighted by atomic mass is 32.1. The molecule has 152 valence electrons. The summed E-state index contributed by atoms with van der Waals surface area (Å²) in [5.74, 6) is -1.35. The van der Waals surface area contributed by atoms with Crippen molar-refractivity contribution in [3.63, 3.8) is 0 Å². The van der Waals surface area contributed by atoms with Crippen molar-refractivity contribution in [2.75, 3.05) is 5.32 Å².